The van der Waals surface area contributed by atoms with Gasteiger partial charge in [0.05, 0.1) is 23.6 Å². The lowest BCUT2D eigenvalue weighted by Crippen LogP contribution is -2.59. The van der Waals surface area contributed by atoms with Gasteiger partial charge in [-0.25, -0.2) is 4.52 Å². The van der Waals surface area contributed by atoms with E-state index in [-0.39, 0.29) is 17.9 Å². The molecule has 2 aliphatic rings. The SMILES string of the molecule is CCc1ccc(C2(CC#N)CN(c3cccn4nc(Nc5cnn(CC(=O)N6CCN(C)CC6)c5)nc34)C2)cc1. The van der Waals surface area contributed by atoms with Crippen molar-refractivity contribution in [1.29, 1.82) is 5.26 Å². The summed E-state index contributed by atoms with van der Waals surface area (Å²) in [6.45, 7) is 7.11. The lowest BCUT2D eigenvalue weighted by atomic mass is 9.71. The molecule has 0 bridgehead atoms. The molecule has 0 aliphatic carbocycles. The Morgan fingerprint density at radius 1 is 1.12 bits per heavy atom. The molecular formula is C29H34N10O. The summed E-state index contributed by atoms with van der Waals surface area (Å²) < 4.78 is 3.41. The van der Waals surface area contributed by atoms with Crippen LogP contribution in [0.1, 0.15) is 24.5 Å². The van der Waals surface area contributed by atoms with Gasteiger partial charge in [-0.3, -0.25) is 9.48 Å². The van der Waals surface area contributed by atoms with E-state index < -0.39 is 0 Å². The highest BCUT2D eigenvalue weighted by atomic mass is 16.2. The summed E-state index contributed by atoms with van der Waals surface area (Å²) in [5, 5.41) is 21.8. The third kappa shape index (κ3) is 4.98. The van der Waals surface area contributed by atoms with E-state index in [9.17, 15) is 10.1 Å². The molecule has 11 heteroatoms. The van der Waals surface area contributed by atoms with Gasteiger partial charge in [-0.05, 0) is 36.7 Å². The number of piperazine rings is 1. The number of hydrogen-bond donors (Lipinski definition) is 1. The highest BCUT2D eigenvalue weighted by molar-refractivity contribution is 5.76. The first-order chi connectivity index (χ1) is 19.5. The van der Waals surface area contributed by atoms with Crippen LogP contribution in [0.5, 0.6) is 0 Å². The third-order valence-corrected chi connectivity index (χ3v) is 8.10. The molecule has 40 heavy (non-hydrogen) atoms. The Bertz CT molecular complexity index is 1540. The van der Waals surface area contributed by atoms with Gasteiger partial charge in [-0.15, -0.1) is 5.10 Å². The molecule has 6 rings (SSSR count). The number of nitrogens with zero attached hydrogens (tertiary/aromatic N) is 9. The fourth-order valence-electron chi connectivity index (χ4n) is 5.63. The maximum Gasteiger partial charge on any atom is 0.247 e. The van der Waals surface area contributed by atoms with Crippen LogP contribution in [-0.4, -0.2) is 86.4 Å². The van der Waals surface area contributed by atoms with E-state index in [1.807, 2.05) is 23.2 Å². The number of amides is 1. The van der Waals surface area contributed by atoms with Crippen molar-refractivity contribution in [2.45, 2.75) is 31.7 Å². The van der Waals surface area contributed by atoms with Gasteiger partial charge in [-0.1, -0.05) is 31.2 Å². The summed E-state index contributed by atoms with van der Waals surface area (Å²) in [5.74, 6) is 0.526. The van der Waals surface area contributed by atoms with Crippen LogP contribution in [0.4, 0.5) is 17.3 Å². The standard InChI is InChI=1S/C29H34N10O/c1-3-22-6-8-23(9-7-22)29(10-11-30)20-37(21-29)25-5-4-12-39-27(25)33-28(34-39)32-24-17-31-38(18-24)19-26(40)36-15-13-35(2)14-16-36/h4-9,12,17-18H,3,10,13-16,19-21H2,1-2H3,(H,32,34). The van der Waals surface area contributed by atoms with E-state index in [1.165, 1.54) is 11.1 Å². The number of nitriles is 1. The molecule has 0 radical (unpaired) electrons. The Labute approximate surface area is 233 Å². The molecular weight excluding hydrogens is 504 g/mol. The number of benzene rings is 1. The predicted molar refractivity (Wildman–Crippen MR) is 153 cm³/mol. The van der Waals surface area contributed by atoms with E-state index in [0.717, 1.165) is 62.7 Å². The van der Waals surface area contributed by atoms with Crippen LogP contribution in [0.2, 0.25) is 0 Å². The molecule has 206 valence electrons. The highest BCUT2D eigenvalue weighted by Gasteiger charge is 2.45. The summed E-state index contributed by atoms with van der Waals surface area (Å²) in [6, 6.07) is 15.1. The first-order valence-corrected chi connectivity index (χ1v) is 13.8. The number of hydrogen-bond acceptors (Lipinski definition) is 8. The van der Waals surface area contributed by atoms with Crippen LogP contribution < -0.4 is 10.2 Å². The molecule has 1 amide bonds. The van der Waals surface area contributed by atoms with E-state index >= 15 is 0 Å². The Balaban J connectivity index is 1.14. The normalized spacial score (nSPS) is 17.0. The Morgan fingerprint density at radius 2 is 1.90 bits per heavy atom. The molecule has 2 aliphatic heterocycles. The monoisotopic (exact) mass is 538 g/mol. The first-order valence-electron chi connectivity index (χ1n) is 13.8. The van der Waals surface area contributed by atoms with Gasteiger partial charge in [0.15, 0.2) is 5.65 Å². The van der Waals surface area contributed by atoms with Gasteiger partial charge >= 0.3 is 0 Å². The molecule has 1 aromatic carbocycles. The van der Waals surface area contributed by atoms with Crippen LogP contribution >= 0.6 is 0 Å². The van der Waals surface area contributed by atoms with Crippen molar-refractivity contribution in [3.63, 3.8) is 0 Å². The second kappa shape index (κ2) is 10.6. The molecule has 0 saturated carbocycles. The highest BCUT2D eigenvalue weighted by Crippen LogP contribution is 2.41. The fourth-order valence-corrected chi connectivity index (χ4v) is 5.63. The predicted octanol–water partition coefficient (Wildman–Crippen LogP) is 2.68. The number of nitrogens with one attached hydrogen (secondary N) is 1. The van der Waals surface area contributed by atoms with Gasteiger partial charge in [-0.2, -0.15) is 15.3 Å². The molecule has 11 nitrogen and oxygen atoms in total. The number of anilines is 3. The lowest BCUT2D eigenvalue weighted by Gasteiger charge is -2.50. The average Bonchev–Trinajstić information content (AvgIpc) is 3.57. The summed E-state index contributed by atoms with van der Waals surface area (Å²) >= 11 is 0. The zero-order valence-electron chi connectivity index (χ0n) is 23.0. The summed E-state index contributed by atoms with van der Waals surface area (Å²) in [4.78, 5) is 23.8. The Morgan fingerprint density at radius 3 is 2.62 bits per heavy atom. The van der Waals surface area contributed by atoms with Gasteiger partial charge in [0.25, 0.3) is 0 Å². The first kappa shape index (κ1) is 25.8. The number of pyridine rings is 1. The minimum absolute atomic E-state index is 0.0709. The van der Waals surface area contributed by atoms with E-state index in [1.54, 1.807) is 21.6 Å². The van der Waals surface area contributed by atoms with Gasteiger partial charge < -0.3 is 20.0 Å². The van der Waals surface area contributed by atoms with Gasteiger partial charge in [0.2, 0.25) is 11.9 Å². The van der Waals surface area contributed by atoms with Crippen molar-refractivity contribution in [2.24, 2.45) is 0 Å². The topological polar surface area (TPSA) is 111 Å². The maximum atomic E-state index is 12.7. The van der Waals surface area contributed by atoms with Crippen LogP contribution in [0, 0.1) is 11.3 Å². The number of aryl methyl sites for hydroxylation is 1. The zero-order chi connectivity index (χ0) is 27.7. The van der Waals surface area contributed by atoms with Crippen molar-refractivity contribution in [3.05, 3.63) is 66.1 Å². The van der Waals surface area contributed by atoms with Crippen LogP contribution in [-0.2, 0) is 23.2 Å². The minimum atomic E-state index is -0.189. The van der Waals surface area contributed by atoms with E-state index in [0.29, 0.717) is 12.4 Å². The molecule has 2 saturated heterocycles. The molecule has 2 fully saturated rings. The Kier molecular flexibility index (Phi) is 6.86. The summed E-state index contributed by atoms with van der Waals surface area (Å²) in [7, 11) is 2.07. The van der Waals surface area contributed by atoms with E-state index in [2.05, 4.69) is 69.6 Å². The quantitative estimate of drug-likeness (QED) is 0.365. The molecule has 1 N–H and O–H groups in total. The average molecular weight is 539 g/mol. The molecule has 0 unspecified atom stereocenters. The van der Waals surface area contributed by atoms with Crippen molar-refractivity contribution >= 4 is 28.9 Å². The number of rotatable bonds is 8. The lowest BCUT2D eigenvalue weighted by molar-refractivity contribution is -0.133. The number of aromatic nitrogens is 5. The summed E-state index contributed by atoms with van der Waals surface area (Å²) in [5.41, 5.74) is 4.76. The van der Waals surface area contributed by atoms with Crippen molar-refractivity contribution in [3.8, 4) is 6.07 Å². The van der Waals surface area contributed by atoms with Crippen LogP contribution in [0.15, 0.2) is 55.0 Å². The zero-order valence-corrected chi connectivity index (χ0v) is 23.0. The second-order valence-corrected chi connectivity index (χ2v) is 10.9. The molecule has 3 aromatic heterocycles. The number of likely N-dealkylation sites (N-methyl/N-ethyl adjacent to an activating group) is 1. The van der Waals surface area contributed by atoms with Gasteiger partial charge in [0.1, 0.15) is 6.54 Å². The smallest absolute Gasteiger partial charge is 0.247 e. The minimum Gasteiger partial charge on any atom is -0.366 e. The molecule has 5 heterocycles. The largest absolute Gasteiger partial charge is 0.366 e. The van der Waals surface area contributed by atoms with Crippen molar-refractivity contribution in [2.75, 3.05) is 56.5 Å². The van der Waals surface area contributed by atoms with Crippen molar-refractivity contribution in [1.82, 2.24) is 34.2 Å². The van der Waals surface area contributed by atoms with Crippen LogP contribution in [0.3, 0.4) is 0 Å². The molecule has 0 spiro atoms. The number of fused-ring (bicyclic) bond motifs is 1. The number of carbonyl (C=O) groups is 1. The second-order valence-electron chi connectivity index (χ2n) is 10.9. The Hall–Kier alpha value is -4.43. The fraction of sp³-hybridized carbons (Fsp3) is 0.414. The van der Waals surface area contributed by atoms with Gasteiger partial charge in [0, 0.05) is 63.5 Å². The third-order valence-electron chi connectivity index (χ3n) is 8.10. The van der Waals surface area contributed by atoms with Crippen molar-refractivity contribution < 1.29 is 4.79 Å². The number of carbonyl (C=O) groups excluding carboxylic acids is 1. The van der Waals surface area contributed by atoms with E-state index in [4.69, 9.17) is 4.98 Å². The maximum absolute atomic E-state index is 12.7. The summed E-state index contributed by atoms with van der Waals surface area (Å²) in [6.07, 6.45) is 6.83. The molecule has 0 atom stereocenters. The van der Waals surface area contributed by atoms with Crippen LogP contribution in [0.25, 0.3) is 5.65 Å². The molecule has 4 aromatic rings.